The summed E-state index contributed by atoms with van der Waals surface area (Å²) < 4.78 is 0. The molecule has 3 unspecified atom stereocenters. The minimum atomic E-state index is -0.0629. The van der Waals surface area contributed by atoms with Gasteiger partial charge in [-0.05, 0) is 55.5 Å². The van der Waals surface area contributed by atoms with Crippen LogP contribution in [0.15, 0.2) is 53.4 Å². The minimum absolute atomic E-state index is 0.0500. The van der Waals surface area contributed by atoms with Gasteiger partial charge >= 0.3 is 0 Å². The van der Waals surface area contributed by atoms with E-state index in [0.717, 1.165) is 28.9 Å². The molecule has 0 radical (unpaired) electrons. The number of rotatable bonds is 4. The van der Waals surface area contributed by atoms with Crippen LogP contribution in [0.2, 0.25) is 5.02 Å². The predicted octanol–water partition coefficient (Wildman–Crippen LogP) is 5.05. The first kappa shape index (κ1) is 22.0. The van der Waals surface area contributed by atoms with Gasteiger partial charge in [0.15, 0.2) is 0 Å². The molecular weight excluding hydrogens is 428 g/mol. The Hall–Kier alpha value is -2.24. The lowest BCUT2D eigenvalue weighted by atomic mass is 9.83. The van der Waals surface area contributed by atoms with Crippen molar-refractivity contribution in [2.45, 2.75) is 44.0 Å². The van der Waals surface area contributed by atoms with Crippen LogP contribution in [0.5, 0.6) is 0 Å². The molecule has 2 fully saturated rings. The van der Waals surface area contributed by atoms with E-state index < -0.39 is 0 Å². The number of nitrogens with zero attached hydrogens (tertiary/aromatic N) is 1. The van der Waals surface area contributed by atoms with Crippen LogP contribution in [0.1, 0.15) is 36.0 Å². The van der Waals surface area contributed by atoms with Gasteiger partial charge in [0.2, 0.25) is 5.91 Å². The van der Waals surface area contributed by atoms with Crippen molar-refractivity contribution in [2.75, 3.05) is 7.05 Å². The number of nitrogens with one attached hydrogen (secondary N) is 1. The highest BCUT2D eigenvalue weighted by Crippen LogP contribution is 2.43. The van der Waals surface area contributed by atoms with Crippen LogP contribution in [0.3, 0.4) is 0 Å². The molecule has 162 valence electrons. The van der Waals surface area contributed by atoms with Gasteiger partial charge in [0.25, 0.3) is 5.91 Å². The molecule has 1 N–H and O–H groups in total. The number of hydrogen-bond acceptors (Lipinski definition) is 3. The molecule has 0 spiro atoms. The van der Waals surface area contributed by atoms with Crippen LogP contribution in [0.25, 0.3) is 6.08 Å². The average Bonchev–Trinajstić information content (AvgIpc) is 2.78. The topological polar surface area (TPSA) is 49.4 Å². The molecule has 3 atom stereocenters. The van der Waals surface area contributed by atoms with Gasteiger partial charge in [0.05, 0.1) is 4.91 Å². The Morgan fingerprint density at radius 2 is 1.87 bits per heavy atom. The number of hydrogen-bond donors (Lipinski definition) is 1. The zero-order chi connectivity index (χ0) is 22.0. The summed E-state index contributed by atoms with van der Waals surface area (Å²) in [5.74, 6) is 0.0568. The van der Waals surface area contributed by atoms with Crippen molar-refractivity contribution < 1.29 is 9.59 Å². The lowest BCUT2D eigenvalue weighted by Gasteiger charge is -2.44. The van der Waals surface area contributed by atoms with Gasteiger partial charge in [-0.15, -0.1) is 11.8 Å². The van der Waals surface area contributed by atoms with Crippen LogP contribution in [0, 0.1) is 12.8 Å². The molecule has 2 aromatic rings. The Morgan fingerprint density at radius 1 is 1.16 bits per heavy atom. The number of fused-ring (bicyclic) bond motifs is 1. The Kier molecular flexibility index (Phi) is 6.73. The standard InChI is InChI=1S/C25H27ClN2O2S/c1-16-3-5-17(6-4-16)13-23-25(30)28(2)21-14-19(9-12-22(21)31-23)24(29)27-15-18-7-10-20(26)11-8-18/h3-8,10-11,13,19,21-22H,9,12,14-15H2,1-2H3,(H,27,29)/b23-13-. The van der Waals surface area contributed by atoms with Crippen LogP contribution in [-0.4, -0.2) is 35.1 Å². The van der Waals surface area contributed by atoms with Crippen molar-refractivity contribution in [2.24, 2.45) is 5.92 Å². The second kappa shape index (κ2) is 9.49. The van der Waals surface area contributed by atoms with Gasteiger partial charge in [0.1, 0.15) is 0 Å². The fourth-order valence-corrected chi connectivity index (χ4v) is 5.89. The SMILES string of the molecule is Cc1ccc(/C=C2\SC3CCC(C(=O)NCc4ccc(Cl)cc4)CC3N(C)C2=O)cc1. The second-order valence-corrected chi connectivity index (χ2v) is 10.1. The Morgan fingerprint density at radius 3 is 2.58 bits per heavy atom. The van der Waals surface area contributed by atoms with Gasteiger partial charge in [-0.1, -0.05) is 53.6 Å². The monoisotopic (exact) mass is 454 g/mol. The average molecular weight is 455 g/mol. The van der Waals surface area contributed by atoms with Gasteiger partial charge in [-0.2, -0.15) is 0 Å². The molecule has 1 saturated carbocycles. The van der Waals surface area contributed by atoms with E-state index >= 15 is 0 Å². The number of likely N-dealkylation sites (N-methyl/N-ethyl adjacent to an activating group) is 1. The molecule has 2 amide bonds. The zero-order valence-corrected chi connectivity index (χ0v) is 19.4. The smallest absolute Gasteiger partial charge is 0.260 e. The highest BCUT2D eigenvalue weighted by atomic mass is 35.5. The van der Waals surface area contributed by atoms with E-state index in [1.54, 1.807) is 11.8 Å². The lowest BCUT2D eigenvalue weighted by molar-refractivity contribution is -0.132. The number of thioether (sulfide) groups is 1. The van der Waals surface area contributed by atoms with Crippen molar-refractivity contribution in [3.8, 4) is 0 Å². The first-order valence-electron chi connectivity index (χ1n) is 10.6. The minimum Gasteiger partial charge on any atom is -0.352 e. The predicted molar refractivity (Wildman–Crippen MR) is 128 cm³/mol. The van der Waals surface area contributed by atoms with E-state index in [1.807, 2.05) is 54.4 Å². The highest BCUT2D eigenvalue weighted by Gasteiger charge is 2.42. The number of benzene rings is 2. The third-order valence-corrected chi connectivity index (χ3v) is 7.84. The first-order valence-corrected chi connectivity index (χ1v) is 11.9. The fraction of sp³-hybridized carbons (Fsp3) is 0.360. The molecule has 1 aliphatic heterocycles. The number of halogens is 1. The quantitative estimate of drug-likeness (QED) is 0.658. The maximum absolute atomic E-state index is 13.0. The van der Waals surface area contributed by atoms with Crippen molar-refractivity contribution in [1.29, 1.82) is 0 Å². The normalized spacial score (nSPS) is 24.7. The largest absolute Gasteiger partial charge is 0.352 e. The molecule has 1 heterocycles. The first-order chi connectivity index (χ1) is 14.9. The Labute approximate surface area is 193 Å². The van der Waals surface area contributed by atoms with Crippen LogP contribution in [-0.2, 0) is 16.1 Å². The van der Waals surface area contributed by atoms with E-state index in [9.17, 15) is 9.59 Å². The summed E-state index contributed by atoms with van der Waals surface area (Å²) in [6.45, 7) is 2.55. The third-order valence-electron chi connectivity index (χ3n) is 6.19. The van der Waals surface area contributed by atoms with E-state index in [-0.39, 0.29) is 23.8 Å². The summed E-state index contributed by atoms with van der Waals surface area (Å²) >= 11 is 7.60. The highest BCUT2D eigenvalue weighted by molar-refractivity contribution is 8.04. The van der Waals surface area contributed by atoms with Crippen LogP contribution in [0.4, 0.5) is 0 Å². The number of aryl methyl sites for hydroxylation is 1. The molecule has 31 heavy (non-hydrogen) atoms. The Balaban J connectivity index is 1.38. The maximum atomic E-state index is 13.0. The van der Waals surface area contributed by atoms with Crippen LogP contribution < -0.4 is 5.32 Å². The molecule has 2 aromatic carbocycles. The fourth-order valence-electron chi connectivity index (χ4n) is 4.29. The molecule has 4 rings (SSSR count). The van der Waals surface area contributed by atoms with Crippen molar-refractivity contribution in [3.05, 3.63) is 75.1 Å². The van der Waals surface area contributed by atoms with E-state index in [2.05, 4.69) is 24.4 Å². The second-order valence-electron chi connectivity index (χ2n) is 8.41. The van der Waals surface area contributed by atoms with Gasteiger partial charge in [-0.25, -0.2) is 0 Å². The molecule has 1 saturated heterocycles. The maximum Gasteiger partial charge on any atom is 0.260 e. The van der Waals surface area contributed by atoms with Gasteiger partial charge in [0, 0.05) is 35.8 Å². The van der Waals surface area contributed by atoms with Gasteiger partial charge < -0.3 is 10.2 Å². The van der Waals surface area contributed by atoms with E-state index in [0.29, 0.717) is 23.2 Å². The Bertz CT molecular complexity index is 988. The number of amides is 2. The number of carbonyl (C=O) groups is 2. The van der Waals surface area contributed by atoms with E-state index in [4.69, 9.17) is 11.6 Å². The molecule has 6 heteroatoms. The van der Waals surface area contributed by atoms with Gasteiger partial charge in [-0.3, -0.25) is 9.59 Å². The lowest BCUT2D eigenvalue weighted by Crippen LogP contribution is -2.52. The summed E-state index contributed by atoms with van der Waals surface area (Å²) in [5.41, 5.74) is 3.27. The molecule has 2 aliphatic rings. The van der Waals surface area contributed by atoms with Crippen LogP contribution >= 0.6 is 23.4 Å². The van der Waals surface area contributed by atoms with Crippen molar-refractivity contribution in [1.82, 2.24) is 10.2 Å². The summed E-state index contributed by atoms with van der Waals surface area (Å²) in [6, 6.07) is 15.8. The number of carbonyl (C=O) groups excluding carboxylic acids is 2. The summed E-state index contributed by atoms with van der Waals surface area (Å²) in [7, 11) is 1.87. The summed E-state index contributed by atoms with van der Waals surface area (Å²) in [4.78, 5) is 28.4. The third kappa shape index (κ3) is 5.16. The molecule has 0 bridgehead atoms. The van der Waals surface area contributed by atoms with E-state index in [1.165, 1.54) is 5.56 Å². The molecule has 0 aromatic heterocycles. The molecule has 1 aliphatic carbocycles. The summed E-state index contributed by atoms with van der Waals surface area (Å²) in [5, 5.41) is 4.07. The zero-order valence-electron chi connectivity index (χ0n) is 17.8. The van der Waals surface area contributed by atoms with Crippen molar-refractivity contribution >= 4 is 41.3 Å². The van der Waals surface area contributed by atoms with Crippen molar-refractivity contribution in [3.63, 3.8) is 0 Å². The molecule has 4 nitrogen and oxygen atoms in total. The summed E-state index contributed by atoms with van der Waals surface area (Å²) in [6.07, 6.45) is 4.48. The molecular formula is C25H27ClN2O2S.